The van der Waals surface area contributed by atoms with Crippen LogP contribution in [0.4, 0.5) is 4.39 Å². The maximum atomic E-state index is 13.0. The summed E-state index contributed by atoms with van der Waals surface area (Å²) in [5.41, 5.74) is 1.92. The molecule has 0 aliphatic rings. The summed E-state index contributed by atoms with van der Waals surface area (Å²) in [7, 11) is 0. The van der Waals surface area contributed by atoms with Gasteiger partial charge in [-0.3, -0.25) is 0 Å². The number of thioether (sulfide) groups is 1. The van der Waals surface area contributed by atoms with E-state index in [4.69, 9.17) is 4.74 Å². The highest BCUT2D eigenvalue weighted by molar-refractivity contribution is 7.99. The molecule has 0 amide bonds. The lowest BCUT2D eigenvalue weighted by Gasteiger charge is -2.04. The normalized spacial score (nSPS) is 11.0. The van der Waals surface area contributed by atoms with Crippen LogP contribution >= 0.6 is 11.8 Å². The molecule has 0 fully saturated rings. The van der Waals surface area contributed by atoms with Crippen molar-refractivity contribution in [1.82, 2.24) is 19.6 Å². The van der Waals surface area contributed by atoms with Gasteiger partial charge >= 0.3 is 0 Å². The molecule has 0 aliphatic heterocycles. The minimum atomic E-state index is -0.302. The fraction of sp³-hybridized carbons (Fsp3) is 0.267. The van der Waals surface area contributed by atoms with Gasteiger partial charge in [-0.05, 0) is 32.0 Å². The number of ether oxygens (including phenoxy) is 1. The zero-order valence-electron chi connectivity index (χ0n) is 12.3. The molecule has 3 aromatic rings. The van der Waals surface area contributed by atoms with Crippen molar-refractivity contribution in [3.8, 4) is 5.75 Å². The van der Waals surface area contributed by atoms with E-state index in [-0.39, 0.29) is 5.82 Å². The lowest BCUT2D eigenvalue weighted by atomic mass is 10.3. The number of aromatic nitrogens is 4. The van der Waals surface area contributed by atoms with Gasteiger partial charge in [-0.15, -0.1) is 5.10 Å². The second-order valence-corrected chi connectivity index (χ2v) is 5.86. The second kappa shape index (κ2) is 6.31. The fourth-order valence-electron chi connectivity index (χ4n) is 2.06. The van der Waals surface area contributed by atoms with Crippen molar-refractivity contribution in [2.45, 2.75) is 19.0 Å². The van der Waals surface area contributed by atoms with Gasteiger partial charge in [0, 0.05) is 23.2 Å². The van der Waals surface area contributed by atoms with Crippen LogP contribution in [0.5, 0.6) is 5.75 Å². The molecular formula is C15H15FN4OS. The first kappa shape index (κ1) is 14.8. The molecule has 0 bridgehead atoms. The zero-order valence-corrected chi connectivity index (χ0v) is 13.1. The molecule has 0 saturated carbocycles. The van der Waals surface area contributed by atoms with Gasteiger partial charge < -0.3 is 4.74 Å². The summed E-state index contributed by atoms with van der Waals surface area (Å²) in [6.07, 6.45) is 0. The molecule has 0 radical (unpaired) electrons. The third-order valence-electron chi connectivity index (χ3n) is 2.98. The SMILES string of the molecule is Cc1cc(C)n2nc(SCCOc3cccc(F)c3)nc2n1. The standard InChI is InChI=1S/C15H15FN4OS/c1-10-8-11(2)20-14(17-10)18-15(19-20)22-7-6-21-13-5-3-4-12(16)9-13/h3-5,8-9H,6-7H2,1-2H3. The molecule has 2 heterocycles. The monoisotopic (exact) mass is 318 g/mol. The highest BCUT2D eigenvalue weighted by atomic mass is 32.2. The lowest BCUT2D eigenvalue weighted by Crippen LogP contribution is -2.00. The number of halogens is 1. The van der Waals surface area contributed by atoms with Crippen LogP contribution in [0.15, 0.2) is 35.5 Å². The molecule has 1 aromatic carbocycles. The number of nitrogens with zero attached hydrogens (tertiary/aromatic N) is 4. The quantitative estimate of drug-likeness (QED) is 0.534. The van der Waals surface area contributed by atoms with Crippen LogP contribution in [0.3, 0.4) is 0 Å². The Hall–Kier alpha value is -2.15. The number of hydrogen-bond acceptors (Lipinski definition) is 5. The van der Waals surface area contributed by atoms with E-state index in [1.807, 2.05) is 19.9 Å². The Morgan fingerprint density at radius 1 is 1.23 bits per heavy atom. The van der Waals surface area contributed by atoms with Gasteiger partial charge in [-0.25, -0.2) is 13.9 Å². The van der Waals surface area contributed by atoms with Crippen molar-refractivity contribution >= 4 is 17.5 Å². The van der Waals surface area contributed by atoms with Gasteiger partial charge in [-0.2, -0.15) is 4.98 Å². The smallest absolute Gasteiger partial charge is 0.253 e. The molecule has 0 saturated heterocycles. The summed E-state index contributed by atoms with van der Waals surface area (Å²) < 4.78 is 20.2. The molecule has 0 atom stereocenters. The van der Waals surface area contributed by atoms with E-state index in [1.165, 1.54) is 23.9 Å². The molecular weight excluding hydrogens is 303 g/mol. The average Bonchev–Trinajstić information content (AvgIpc) is 2.87. The first-order chi connectivity index (χ1) is 10.6. The van der Waals surface area contributed by atoms with Crippen molar-refractivity contribution in [3.05, 3.63) is 47.5 Å². The Morgan fingerprint density at radius 2 is 2.09 bits per heavy atom. The average molecular weight is 318 g/mol. The van der Waals surface area contributed by atoms with Crippen molar-refractivity contribution in [1.29, 1.82) is 0 Å². The van der Waals surface area contributed by atoms with Crippen LogP contribution in [0.1, 0.15) is 11.4 Å². The summed E-state index contributed by atoms with van der Waals surface area (Å²) in [6.45, 7) is 4.36. The Morgan fingerprint density at radius 3 is 2.91 bits per heavy atom. The van der Waals surface area contributed by atoms with Crippen LogP contribution in [0, 0.1) is 19.7 Å². The summed E-state index contributed by atoms with van der Waals surface area (Å²) in [6, 6.07) is 8.07. The van der Waals surface area contributed by atoms with Crippen LogP contribution < -0.4 is 4.74 Å². The van der Waals surface area contributed by atoms with E-state index in [0.29, 0.717) is 29.0 Å². The molecule has 114 valence electrons. The third kappa shape index (κ3) is 3.36. The number of fused-ring (bicyclic) bond motifs is 1. The van der Waals surface area contributed by atoms with E-state index in [1.54, 1.807) is 16.6 Å². The number of aryl methyl sites for hydroxylation is 2. The fourth-order valence-corrected chi connectivity index (χ4v) is 2.69. The maximum absolute atomic E-state index is 13.0. The van der Waals surface area contributed by atoms with E-state index in [2.05, 4.69) is 15.1 Å². The summed E-state index contributed by atoms with van der Waals surface area (Å²) >= 11 is 1.48. The van der Waals surface area contributed by atoms with Crippen LogP contribution in [0.25, 0.3) is 5.78 Å². The Kier molecular flexibility index (Phi) is 4.24. The first-order valence-corrected chi connectivity index (χ1v) is 7.82. The van der Waals surface area contributed by atoms with E-state index in [9.17, 15) is 4.39 Å². The topological polar surface area (TPSA) is 52.3 Å². The Bertz CT molecular complexity index is 805. The first-order valence-electron chi connectivity index (χ1n) is 6.84. The third-order valence-corrected chi connectivity index (χ3v) is 3.78. The van der Waals surface area contributed by atoms with Gasteiger partial charge in [0.15, 0.2) is 0 Å². The molecule has 7 heteroatoms. The molecule has 3 rings (SSSR count). The molecule has 0 aliphatic carbocycles. The molecule has 2 aromatic heterocycles. The van der Waals surface area contributed by atoms with Crippen LogP contribution in [-0.4, -0.2) is 31.9 Å². The van der Waals surface area contributed by atoms with E-state index in [0.717, 1.165) is 11.4 Å². The minimum Gasteiger partial charge on any atom is -0.493 e. The highest BCUT2D eigenvalue weighted by Gasteiger charge is 2.08. The lowest BCUT2D eigenvalue weighted by molar-refractivity contribution is 0.342. The van der Waals surface area contributed by atoms with Gasteiger partial charge in [0.25, 0.3) is 5.78 Å². The van der Waals surface area contributed by atoms with Crippen molar-refractivity contribution in [2.75, 3.05) is 12.4 Å². The van der Waals surface area contributed by atoms with E-state index < -0.39 is 0 Å². The van der Waals surface area contributed by atoms with Crippen molar-refractivity contribution in [2.24, 2.45) is 0 Å². The summed E-state index contributed by atoms with van der Waals surface area (Å²) in [4.78, 5) is 8.73. The van der Waals surface area contributed by atoms with Gasteiger partial charge in [0.1, 0.15) is 11.6 Å². The zero-order chi connectivity index (χ0) is 15.5. The summed E-state index contributed by atoms with van der Waals surface area (Å²) in [5, 5.41) is 5.06. The molecule has 5 nitrogen and oxygen atoms in total. The van der Waals surface area contributed by atoms with Crippen molar-refractivity contribution in [3.63, 3.8) is 0 Å². The number of hydrogen-bond donors (Lipinski definition) is 0. The van der Waals surface area contributed by atoms with E-state index >= 15 is 0 Å². The predicted octanol–water partition coefficient (Wildman–Crippen LogP) is 3.05. The van der Waals surface area contributed by atoms with Crippen LogP contribution in [0.2, 0.25) is 0 Å². The second-order valence-electron chi connectivity index (χ2n) is 4.80. The molecule has 0 spiro atoms. The predicted molar refractivity (Wildman–Crippen MR) is 82.9 cm³/mol. The summed E-state index contributed by atoms with van der Waals surface area (Å²) in [5.74, 6) is 1.50. The molecule has 0 unspecified atom stereocenters. The van der Waals surface area contributed by atoms with Crippen LogP contribution in [-0.2, 0) is 0 Å². The highest BCUT2D eigenvalue weighted by Crippen LogP contribution is 2.16. The maximum Gasteiger partial charge on any atom is 0.253 e. The Labute approximate surface area is 131 Å². The minimum absolute atomic E-state index is 0.302. The van der Waals surface area contributed by atoms with Gasteiger partial charge in [0.05, 0.1) is 6.61 Å². The van der Waals surface area contributed by atoms with Crippen molar-refractivity contribution < 1.29 is 9.13 Å². The molecule has 22 heavy (non-hydrogen) atoms. The van der Waals surface area contributed by atoms with Gasteiger partial charge in [-0.1, -0.05) is 17.8 Å². The van der Waals surface area contributed by atoms with Gasteiger partial charge in [0.2, 0.25) is 5.16 Å². The number of benzene rings is 1. The molecule has 0 N–H and O–H groups in total. The Balaban J connectivity index is 1.59. The number of rotatable bonds is 5. The largest absolute Gasteiger partial charge is 0.493 e.